The number of para-hydroxylation sites is 1. The molecule has 5 nitrogen and oxygen atoms in total. The molecule has 0 fully saturated rings. The fourth-order valence-corrected chi connectivity index (χ4v) is 2.75. The predicted octanol–water partition coefficient (Wildman–Crippen LogP) is 2.68. The van der Waals surface area contributed by atoms with Gasteiger partial charge in [-0.15, -0.1) is 5.10 Å². The SMILES string of the molecule is CCCNC(c1ccccc1OC)c1c(Br)nnn1C. The average molecular weight is 339 g/mol. The third-order valence-corrected chi connectivity index (χ3v) is 3.71. The molecule has 2 rings (SSSR count). The number of benzene rings is 1. The minimum Gasteiger partial charge on any atom is -0.496 e. The molecule has 0 aliphatic carbocycles. The molecule has 0 amide bonds. The van der Waals surface area contributed by atoms with Crippen molar-refractivity contribution in [3.05, 3.63) is 40.1 Å². The topological polar surface area (TPSA) is 52.0 Å². The number of hydrogen-bond acceptors (Lipinski definition) is 4. The van der Waals surface area contributed by atoms with E-state index < -0.39 is 0 Å². The molecule has 0 aliphatic rings. The van der Waals surface area contributed by atoms with Crippen LogP contribution in [0.3, 0.4) is 0 Å². The van der Waals surface area contributed by atoms with Crippen LogP contribution in [0, 0.1) is 0 Å². The van der Waals surface area contributed by atoms with E-state index in [0.717, 1.165) is 34.6 Å². The molecular weight excluding hydrogens is 320 g/mol. The van der Waals surface area contributed by atoms with Crippen molar-refractivity contribution in [1.29, 1.82) is 0 Å². The lowest BCUT2D eigenvalue weighted by molar-refractivity contribution is 0.402. The fraction of sp³-hybridized carbons (Fsp3) is 0.429. The minimum absolute atomic E-state index is 0.0134. The lowest BCUT2D eigenvalue weighted by Crippen LogP contribution is -2.26. The Kier molecular flexibility index (Phi) is 5.14. The zero-order valence-corrected chi connectivity index (χ0v) is 13.5. The quantitative estimate of drug-likeness (QED) is 0.879. The Hall–Kier alpha value is -1.40. The van der Waals surface area contributed by atoms with E-state index in [-0.39, 0.29) is 6.04 Å². The summed E-state index contributed by atoms with van der Waals surface area (Å²) in [5.74, 6) is 0.856. The van der Waals surface area contributed by atoms with Gasteiger partial charge in [0.25, 0.3) is 0 Å². The summed E-state index contributed by atoms with van der Waals surface area (Å²) in [6.45, 7) is 3.04. The molecular formula is C14H19BrN4O. The summed E-state index contributed by atoms with van der Waals surface area (Å²) in [5, 5.41) is 11.7. The Bertz CT molecular complexity index is 551. The van der Waals surface area contributed by atoms with Gasteiger partial charge in [-0.3, -0.25) is 0 Å². The molecule has 2 aromatic rings. The van der Waals surface area contributed by atoms with E-state index in [1.54, 1.807) is 11.8 Å². The smallest absolute Gasteiger partial charge is 0.153 e. The molecule has 108 valence electrons. The summed E-state index contributed by atoms with van der Waals surface area (Å²) in [4.78, 5) is 0. The van der Waals surface area contributed by atoms with Crippen molar-refractivity contribution in [2.75, 3.05) is 13.7 Å². The maximum absolute atomic E-state index is 5.48. The Labute approximate surface area is 127 Å². The Morgan fingerprint density at radius 1 is 1.40 bits per heavy atom. The van der Waals surface area contributed by atoms with E-state index in [1.807, 2.05) is 25.2 Å². The van der Waals surface area contributed by atoms with Crippen LogP contribution < -0.4 is 10.1 Å². The van der Waals surface area contributed by atoms with Gasteiger partial charge in [0.15, 0.2) is 4.60 Å². The molecule has 1 atom stereocenters. The van der Waals surface area contributed by atoms with E-state index in [1.165, 1.54) is 0 Å². The number of methoxy groups -OCH3 is 1. The van der Waals surface area contributed by atoms with Gasteiger partial charge in [-0.25, -0.2) is 4.68 Å². The zero-order valence-electron chi connectivity index (χ0n) is 11.9. The lowest BCUT2D eigenvalue weighted by atomic mass is 10.0. The highest BCUT2D eigenvalue weighted by molar-refractivity contribution is 9.10. The number of nitrogens with zero attached hydrogens (tertiary/aromatic N) is 3. The van der Waals surface area contributed by atoms with Gasteiger partial charge in [-0.2, -0.15) is 0 Å². The molecule has 0 aliphatic heterocycles. The van der Waals surface area contributed by atoms with Gasteiger partial charge >= 0.3 is 0 Å². The van der Waals surface area contributed by atoms with Crippen LogP contribution in [0.4, 0.5) is 0 Å². The van der Waals surface area contributed by atoms with Crippen molar-refractivity contribution in [2.24, 2.45) is 7.05 Å². The van der Waals surface area contributed by atoms with Crippen LogP contribution in [0.15, 0.2) is 28.9 Å². The standard InChI is InChI=1S/C14H19BrN4O/c1-4-9-16-12(13-14(15)17-18-19(13)2)10-7-5-6-8-11(10)20-3/h5-8,12,16H,4,9H2,1-3H3. The van der Waals surface area contributed by atoms with E-state index >= 15 is 0 Å². The summed E-state index contributed by atoms with van der Waals surface area (Å²) < 4.78 is 8.01. The molecule has 1 aromatic heterocycles. The molecule has 6 heteroatoms. The van der Waals surface area contributed by atoms with E-state index in [2.05, 4.69) is 44.5 Å². The Morgan fingerprint density at radius 2 is 2.15 bits per heavy atom. The van der Waals surface area contributed by atoms with Gasteiger partial charge < -0.3 is 10.1 Å². The molecule has 0 radical (unpaired) electrons. The van der Waals surface area contributed by atoms with Crippen molar-refractivity contribution in [2.45, 2.75) is 19.4 Å². The van der Waals surface area contributed by atoms with Crippen LogP contribution in [0.25, 0.3) is 0 Å². The molecule has 1 N–H and O–H groups in total. The van der Waals surface area contributed by atoms with Gasteiger partial charge in [0.2, 0.25) is 0 Å². The minimum atomic E-state index is -0.0134. The van der Waals surface area contributed by atoms with Crippen LogP contribution in [0.2, 0.25) is 0 Å². The van der Waals surface area contributed by atoms with Gasteiger partial charge in [0, 0.05) is 12.6 Å². The third kappa shape index (κ3) is 3.02. The van der Waals surface area contributed by atoms with Crippen LogP contribution in [0.5, 0.6) is 5.75 Å². The van der Waals surface area contributed by atoms with E-state index in [4.69, 9.17) is 4.74 Å². The molecule has 0 saturated heterocycles. The van der Waals surface area contributed by atoms with E-state index in [9.17, 15) is 0 Å². The second-order valence-corrected chi connectivity index (χ2v) is 5.27. The lowest BCUT2D eigenvalue weighted by Gasteiger charge is -2.21. The van der Waals surface area contributed by atoms with Gasteiger partial charge in [0.1, 0.15) is 5.75 Å². The molecule has 20 heavy (non-hydrogen) atoms. The maximum atomic E-state index is 5.48. The van der Waals surface area contributed by atoms with E-state index in [0.29, 0.717) is 0 Å². The molecule has 0 bridgehead atoms. The first-order chi connectivity index (χ1) is 9.69. The van der Waals surface area contributed by atoms with Crippen molar-refractivity contribution in [1.82, 2.24) is 20.3 Å². The molecule has 0 spiro atoms. The summed E-state index contributed by atoms with van der Waals surface area (Å²) in [6.07, 6.45) is 1.05. The number of ether oxygens (including phenoxy) is 1. The van der Waals surface area contributed by atoms with Crippen molar-refractivity contribution < 1.29 is 4.74 Å². The largest absolute Gasteiger partial charge is 0.496 e. The third-order valence-electron chi connectivity index (χ3n) is 3.15. The highest BCUT2D eigenvalue weighted by Gasteiger charge is 2.23. The summed E-state index contributed by atoms with van der Waals surface area (Å²) >= 11 is 3.48. The first-order valence-electron chi connectivity index (χ1n) is 6.60. The van der Waals surface area contributed by atoms with Crippen LogP contribution in [-0.4, -0.2) is 28.6 Å². The van der Waals surface area contributed by atoms with Crippen molar-refractivity contribution in [3.8, 4) is 5.75 Å². The zero-order chi connectivity index (χ0) is 14.5. The maximum Gasteiger partial charge on any atom is 0.153 e. The fourth-order valence-electron chi connectivity index (χ4n) is 2.19. The average Bonchev–Trinajstić information content (AvgIpc) is 2.80. The van der Waals surface area contributed by atoms with Gasteiger partial charge in [0.05, 0.1) is 18.8 Å². The second-order valence-electron chi connectivity index (χ2n) is 4.52. The summed E-state index contributed by atoms with van der Waals surface area (Å²) in [7, 11) is 3.58. The van der Waals surface area contributed by atoms with Crippen LogP contribution in [0.1, 0.15) is 30.6 Å². The van der Waals surface area contributed by atoms with Crippen LogP contribution >= 0.6 is 15.9 Å². The Morgan fingerprint density at radius 3 is 2.75 bits per heavy atom. The Balaban J connectivity index is 2.47. The normalized spacial score (nSPS) is 12.4. The first kappa shape index (κ1) is 15.0. The summed E-state index contributed by atoms with van der Waals surface area (Å²) in [5.41, 5.74) is 2.07. The molecule has 1 unspecified atom stereocenters. The molecule has 1 heterocycles. The number of rotatable bonds is 6. The molecule has 1 aromatic carbocycles. The first-order valence-corrected chi connectivity index (χ1v) is 7.39. The predicted molar refractivity (Wildman–Crippen MR) is 81.8 cm³/mol. The van der Waals surface area contributed by atoms with Gasteiger partial charge in [-0.05, 0) is 35.0 Å². The highest BCUT2D eigenvalue weighted by atomic mass is 79.9. The number of nitrogens with one attached hydrogen (secondary N) is 1. The van der Waals surface area contributed by atoms with Gasteiger partial charge in [-0.1, -0.05) is 30.3 Å². The number of aromatic nitrogens is 3. The number of halogens is 1. The highest BCUT2D eigenvalue weighted by Crippen LogP contribution is 2.32. The monoisotopic (exact) mass is 338 g/mol. The summed E-state index contributed by atoms with van der Waals surface area (Å²) in [6, 6.07) is 7.99. The number of hydrogen-bond donors (Lipinski definition) is 1. The second kappa shape index (κ2) is 6.85. The van der Waals surface area contributed by atoms with Crippen molar-refractivity contribution in [3.63, 3.8) is 0 Å². The van der Waals surface area contributed by atoms with Crippen molar-refractivity contribution >= 4 is 15.9 Å². The molecule has 0 saturated carbocycles. The number of aryl methyl sites for hydroxylation is 1. The van der Waals surface area contributed by atoms with Crippen LogP contribution in [-0.2, 0) is 7.05 Å².